The van der Waals surface area contributed by atoms with E-state index in [2.05, 4.69) is 0 Å². The first kappa shape index (κ1) is 21.2. The second-order valence-corrected chi connectivity index (χ2v) is 10.9. The van der Waals surface area contributed by atoms with Crippen LogP contribution in [0.4, 0.5) is 0 Å². The number of ketones is 1. The van der Waals surface area contributed by atoms with Crippen molar-refractivity contribution in [3.05, 3.63) is 55.6 Å². The van der Waals surface area contributed by atoms with Gasteiger partial charge < -0.3 is 0 Å². The molecule has 0 atom stereocenters. The zero-order valence-corrected chi connectivity index (χ0v) is 19.8. The zero-order chi connectivity index (χ0) is 21.4. The number of rotatable bonds is 5. The highest BCUT2D eigenvalue weighted by Gasteiger charge is 2.26. The molecule has 0 amide bonds. The Morgan fingerprint density at radius 2 is 1.84 bits per heavy atom. The number of aromatic nitrogens is 2. The Kier molecular flexibility index (Phi) is 6.22. The molecule has 0 saturated heterocycles. The highest BCUT2D eigenvalue weighted by atomic mass is 35.5. The van der Waals surface area contributed by atoms with Crippen molar-refractivity contribution in [3.63, 3.8) is 0 Å². The number of thiophene rings is 1. The van der Waals surface area contributed by atoms with E-state index in [0.29, 0.717) is 15.7 Å². The summed E-state index contributed by atoms with van der Waals surface area (Å²) in [6.07, 6.45) is 9.91. The summed E-state index contributed by atoms with van der Waals surface area (Å²) in [6, 6.07) is 7.16. The lowest BCUT2D eigenvalue weighted by Crippen LogP contribution is -2.29. The summed E-state index contributed by atoms with van der Waals surface area (Å²) in [6.45, 7) is 0. The average Bonchev–Trinajstić information content (AvgIpc) is 3.17. The molecule has 0 unspecified atom stereocenters. The van der Waals surface area contributed by atoms with Crippen LogP contribution >= 0.6 is 34.7 Å². The fraction of sp³-hybridized carbons (Fsp3) is 0.458. The van der Waals surface area contributed by atoms with Gasteiger partial charge in [-0.15, -0.1) is 11.3 Å². The molecule has 1 saturated carbocycles. The zero-order valence-electron chi connectivity index (χ0n) is 17.4. The quantitative estimate of drug-likeness (QED) is 0.242. The maximum Gasteiger partial charge on any atom is 0.263 e. The number of nitrogens with zero attached hydrogens (tertiary/aromatic N) is 2. The Bertz CT molecular complexity index is 1180. The van der Waals surface area contributed by atoms with E-state index in [-0.39, 0.29) is 23.1 Å². The first-order chi connectivity index (χ1) is 15.1. The van der Waals surface area contributed by atoms with Gasteiger partial charge in [0.25, 0.3) is 5.56 Å². The molecule has 0 spiro atoms. The standard InChI is InChI=1S/C24H25ClN2O2S2/c25-16-12-10-15(11-13-16)19(28)14-30-24-26-22-21(18-8-4-5-9-20(18)31-22)23(29)27(24)17-6-2-1-3-7-17/h10-13,17H,1-9,14H2. The Labute approximate surface area is 195 Å². The normalized spacial score (nSPS) is 17.1. The Balaban J connectivity index is 1.53. The van der Waals surface area contributed by atoms with Crippen molar-refractivity contribution in [1.29, 1.82) is 0 Å². The van der Waals surface area contributed by atoms with Crippen LogP contribution in [0.15, 0.2) is 34.2 Å². The van der Waals surface area contributed by atoms with Gasteiger partial charge >= 0.3 is 0 Å². The molecule has 2 aromatic heterocycles. The highest BCUT2D eigenvalue weighted by Crippen LogP contribution is 2.37. The third-order valence-electron chi connectivity index (χ3n) is 6.43. The van der Waals surface area contributed by atoms with Gasteiger partial charge in [-0.1, -0.05) is 42.6 Å². The summed E-state index contributed by atoms with van der Waals surface area (Å²) in [5.41, 5.74) is 1.98. The van der Waals surface area contributed by atoms with Crippen LogP contribution in [0.25, 0.3) is 10.2 Å². The van der Waals surface area contributed by atoms with Crippen molar-refractivity contribution in [3.8, 4) is 0 Å². The van der Waals surface area contributed by atoms with E-state index in [1.165, 1.54) is 35.0 Å². The summed E-state index contributed by atoms with van der Waals surface area (Å²) >= 11 is 9.03. The van der Waals surface area contributed by atoms with Gasteiger partial charge in [-0.2, -0.15) is 0 Å². The predicted octanol–water partition coefficient (Wildman–Crippen LogP) is 6.47. The number of aryl methyl sites for hydroxylation is 2. The smallest absolute Gasteiger partial charge is 0.263 e. The minimum atomic E-state index is 0.0247. The van der Waals surface area contributed by atoms with E-state index in [9.17, 15) is 9.59 Å². The van der Waals surface area contributed by atoms with Crippen LogP contribution in [-0.2, 0) is 12.8 Å². The maximum atomic E-state index is 13.8. The molecule has 3 aromatic rings. The molecule has 2 aliphatic carbocycles. The summed E-state index contributed by atoms with van der Waals surface area (Å²) in [5.74, 6) is 0.286. The number of carbonyl (C=O) groups excluding carboxylic acids is 1. The molecule has 0 aliphatic heterocycles. The molecule has 5 rings (SSSR count). The van der Waals surface area contributed by atoms with Gasteiger partial charge in [0, 0.05) is 21.5 Å². The minimum Gasteiger partial charge on any atom is -0.293 e. The van der Waals surface area contributed by atoms with Gasteiger partial charge in [-0.05, 0) is 68.4 Å². The van der Waals surface area contributed by atoms with Crippen LogP contribution in [0.5, 0.6) is 0 Å². The fourth-order valence-electron chi connectivity index (χ4n) is 4.81. The summed E-state index contributed by atoms with van der Waals surface area (Å²) in [4.78, 5) is 33.7. The number of halogens is 1. The molecule has 31 heavy (non-hydrogen) atoms. The minimum absolute atomic E-state index is 0.0247. The lowest BCUT2D eigenvalue weighted by atomic mass is 9.94. The van der Waals surface area contributed by atoms with E-state index in [4.69, 9.17) is 16.6 Å². The van der Waals surface area contributed by atoms with Gasteiger partial charge in [-0.25, -0.2) is 4.98 Å². The van der Waals surface area contributed by atoms with E-state index in [0.717, 1.165) is 55.2 Å². The van der Waals surface area contributed by atoms with Crippen molar-refractivity contribution < 1.29 is 4.79 Å². The summed E-state index contributed by atoms with van der Waals surface area (Å²) in [7, 11) is 0. The summed E-state index contributed by atoms with van der Waals surface area (Å²) < 4.78 is 1.93. The summed E-state index contributed by atoms with van der Waals surface area (Å²) in [5, 5.41) is 2.16. The van der Waals surface area contributed by atoms with E-state index >= 15 is 0 Å². The predicted molar refractivity (Wildman–Crippen MR) is 129 cm³/mol. The van der Waals surface area contributed by atoms with Crippen molar-refractivity contribution in [2.75, 3.05) is 5.75 Å². The van der Waals surface area contributed by atoms with Gasteiger partial charge in [0.2, 0.25) is 0 Å². The number of hydrogen-bond acceptors (Lipinski definition) is 5. The second kappa shape index (κ2) is 9.08. The lowest BCUT2D eigenvalue weighted by molar-refractivity contribution is 0.102. The third kappa shape index (κ3) is 4.22. The van der Waals surface area contributed by atoms with E-state index in [1.807, 2.05) is 4.57 Å². The number of thioether (sulfide) groups is 1. The van der Waals surface area contributed by atoms with Crippen molar-refractivity contribution in [2.24, 2.45) is 0 Å². The van der Waals surface area contributed by atoms with Gasteiger partial charge in [-0.3, -0.25) is 14.2 Å². The van der Waals surface area contributed by atoms with Gasteiger partial charge in [0.05, 0.1) is 11.1 Å². The molecule has 0 N–H and O–H groups in total. The molecule has 2 heterocycles. The topological polar surface area (TPSA) is 52.0 Å². The van der Waals surface area contributed by atoms with E-state index < -0.39 is 0 Å². The van der Waals surface area contributed by atoms with Crippen molar-refractivity contribution in [1.82, 2.24) is 9.55 Å². The van der Waals surface area contributed by atoms with Crippen LogP contribution in [-0.4, -0.2) is 21.1 Å². The monoisotopic (exact) mass is 472 g/mol. The Morgan fingerprint density at radius 1 is 1.10 bits per heavy atom. The average molecular weight is 473 g/mol. The first-order valence-electron chi connectivity index (χ1n) is 11.1. The van der Waals surface area contributed by atoms with Crippen LogP contribution in [0.1, 0.15) is 71.8 Å². The Hall–Kier alpha value is -1.63. The molecular formula is C24H25ClN2O2S2. The van der Waals surface area contributed by atoms with Crippen LogP contribution in [0.2, 0.25) is 5.02 Å². The largest absolute Gasteiger partial charge is 0.293 e. The molecule has 4 nitrogen and oxygen atoms in total. The third-order valence-corrected chi connectivity index (χ3v) is 8.82. The molecule has 2 aliphatic rings. The van der Waals surface area contributed by atoms with Gasteiger partial charge in [0.1, 0.15) is 4.83 Å². The van der Waals surface area contributed by atoms with Crippen LogP contribution < -0.4 is 5.56 Å². The molecule has 1 fully saturated rings. The number of Topliss-reactive ketones (excluding diaryl/α,β-unsaturated/α-hetero) is 1. The highest BCUT2D eigenvalue weighted by molar-refractivity contribution is 7.99. The van der Waals surface area contributed by atoms with Crippen molar-refractivity contribution >= 4 is 50.7 Å². The Morgan fingerprint density at radius 3 is 2.61 bits per heavy atom. The molecule has 162 valence electrons. The number of benzene rings is 1. The fourth-order valence-corrected chi connectivity index (χ4v) is 7.20. The number of fused-ring (bicyclic) bond motifs is 3. The molecule has 0 radical (unpaired) electrons. The lowest BCUT2D eigenvalue weighted by Gasteiger charge is -2.26. The molecule has 0 bridgehead atoms. The first-order valence-corrected chi connectivity index (χ1v) is 13.3. The molecular weight excluding hydrogens is 448 g/mol. The van der Waals surface area contributed by atoms with Crippen molar-refractivity contribution in [2.45, 2.75) is 69.0 Å². The number of carbonyl (C=O) groups is 1. The molecule has 7 heteroatoms. The van der Waals surface area contributed by atoms with Crippen LogP contribution in [0.3, 0.4) is 0 Å². The SMILES string of the molecule is O=C(CSc1nc2sc3c(c2c(=O)n1C1CCCCC1)CCCC3)c1ccc(Cl)cc1. The second-order valence-electron chi connectivity index (χ2n) is 8.47. The van der Waals surface area contributed by atoms with E-state index in [1.54, 1.807) is 35.6 Å². The molecule has 1 aromatic carbocycles. The van der Waals surface area contributed by atoms with Crippen LogP contribution in [0, 0.1) is 0 Å². The maximum absolute atomic E-state index is 13.8. The number of hydrogen-bond donors (Lipinski definition) is 0. The van der Waals surface area contributed by atoms with Gasteiger partial charge in [0.15, 0.2) is 10.9 Å².